The molecule has 0 radical (unpaired) electrons. The van der Waals surface area contributed by atoms with Crippen LogP contribution in [0.3, 0.4) is 0 Å². The van der Waals surface area contributed by atoms with E-state index in [0.29, 0.717) is 0 Å². The van der Waals surface area contributed by atoms with Gasteiger partial charge in [-0.25, -0.2) is 13.1 Å². The molecule has 19 heavy (non-hydrogen) atoms. The van der Waals surface area contributed by atoms with E-state index in [-0.39, 0.29) is 17.2 Å². The fraction of sp³-hybridized carbons (Fsp3) is 0.571. The molecular formula is C14H22N2O2S. The topological polar surface area (TPSA) is 72.2 Å². The first-order valence-corrected chi connectivity index (χ1v) is 8.31. The summed E-state index contributed by atoms with van der Waals surface area (Å²) < 4.78 is 26.8. The van der Waals surface area contributed by atoms with Crippen LogP contribution in [0.1, 0.15) is 44.6 Å². The van der Waals surface area contributed by atoms with Gasteiger partial charge in [0.25, 0.3) is 0 Å². The van der Waals surface area contributed by atoms with E-state index in [1.807, 2.05) is 24.3 Å². The zero-order valence-corrected chi connectivity index (χ0v) is 12.3. The third kappa shape index (κ3) is 3.28. The molecule has 2 rings (SSSR count). The third-order valence-corrected chi connectivity index (χ3v) is 5.69. The second-order valence-corrected chi connectivity index (χ2v) is 7.79. The first-order valence-electron chi connectivity index (χ1n) is 6.77. The zero-order chi connectivity index (χ0) is 14.0. The molecule has 1 aliphatic carbocycles. The first-order chi connectivity index (χ1) is 8.90. The van der Waals surface area contributed by atoms with Gasteiger partial charge in [0.05, 0.1) is 5.25 Å². The van der Waals surface area contributed by atoms with E-state index in [2.05, 4.69) is 4.72 Å². The number of nitrogen functional groups attached to an aromatic ring is 1. The first kappa shape index (κ1) is 14.3. The Morgan fingerprint density at radius 3 is 2.42 bits per heavy atom. The molecule has 0 spiro atoms. The van der Waals surface area contributed by atoms with Crippen LogP contribution in [0.25, 0.3) is 0 Å². The van der Waals surface area contributed by atoms with Gasteiger partial charge in [0, 0.05) is 17.6 Å². The summed E-state index contributed by atoms with van der Waals surface area (Å²) in [4.78, 5) is 0. The normalized spacial score (nSPS) is 23.9. The van der Waals surface area contributed by atoms with Crippen LogP contribution in [0.2, 0.25) is 0 Å². The quantitative estimate of drug-likeness (QED) is 0.832. The number of sulfonamides is 1. The van der Waals surface area contributed by atoms with E-state index < -0.39 is 10.0 Å². The lowest BCUT2D eigenvalue weighted by molar-refractivity contribution is 0.519. The maximum Gasteiger partial charge on any atom is 0.214 e. The maximum atomic E-state index is 12.0. The molecule has 0 amide bonds. The number of benzene rings is 1. The van der Waals surface area contributed by atoms with Crippen LogP contribution < -0.4 is 10.5 Å². The minimum atomic E-state index is -3.21. The second-order valence-electron chi connectivity index (χ2n) is 5.52. The molecule has 4 nitrogen and oxygen atoms in total. The van der Waals surface area contributed by atoms with Gasteiger partial charge in [-0.05, 0) is 44.4 Å². The zero-order valence-electron chi connectivity index (χ0n) is 11.5. The van der Waals surface area contributed by atoms with Crippen LogP contribution >= 0.6 is 0 Å². The van der Waals surface area contributed by atoms with Gasteiger partial charge < -0.3 is 5.73 Å². The molecule has 5 heteroatoms. The summed E-state index contributed by atoms with van der Waals surface area (Å²) in [5, 5.41) is -0.389. The van der Waals surface area contributed by atoms with E-state index in [9.17, 15) is 8.42 Å². The molecule has 1 saturated carbocycles. The van der Waals surface area contributed by atoms with E-state index >= 15 is 0 Å². The maximum absolute atomic E-state index is 12.0. The molecule has 0 unspecified atom stereocenters. The molecule has 1 fully saturated rings. The van der Waals surface area contributed by atoms with Crippen molar-refractivity contribution in [1.29, 1.82) is 0 Å². The number of rotatable bonds is 4. The Morgan fingerprint density at radius 1 is 1.21 bits per heavy atom. The van der Waals surface area contributed by atoms with E-state index in [0.717, 1.165) is 24.9 Å². The van der Waals surface area contributed by atoms with Crippen LogP contribution in [0.15, 0.2) is 24.3 Å². The molecule has 1 aromatic carbocycles. The smallest absolute Gasteiger partial charge is 0.214 e. The Labute approximate surface area is 115 Å². The molecule has 0 bridgehead atoms. The van der Waals surface area contributed by atoms with E-state index in [1.54, 1.807) is 13.8 Å². The lowest BCUT2D eigenvalue weighted by Gasteiger charge is -2.22. The van der Waals surface area contributed by atoms with Gasteiger partial charge in [-0.1, -0.05) is 18.6 Å². The predicted molar refractivity (Wildman–Crippen MR) is 78.4 cm³/mol. The molecule has 0 aliphatic heterocycles. The van der Waals surface area contributed by atoms with Gasteiger partial charge in [-0.15, -0.1) is 0 Å². The highest BCUT2D eigenvalue weighted by atomic mass is 32.2. The summed E-state index contributed by atoms with van der Waals surface area (Å²) in [6.45, 7) is 3.41. The van der Waals surface area contributed by atoms with Crippen molar-refractivity contribution in [3.63, 3.8) is 0 Å². The second kappa shape index (κ2) is 5.51. The van der Waals surface area contributed by atoms with Crippen molar-refractivity contribution in [1.82, 2.24) is 4.72 Å². The predicted octanol–water partition coefficient (Wildman–Crippen LogP) is 2.23. The Bertz CT molecular complexity index is 523. The monoisotopic (exact) mass is 282 g/mol. The average molecular weight is 282 g/mol. The minimum absolute atomic E-state index is 0.0102. The third-order valence-electron chi connectivity index (χ3n) is 3.82. The Kier molecular flexibility index (Phi) is 4.16. The Balaban J connectivity index is 2.15. The van der Waals surface area contributed by atoms with Gasteiger partial charge in [0.2, 0.25) is 10.0 Å². The van der Waals surface area contributed by atoms with Gasteiger partial charge in [-0.3, -0.25) is 0 Å². The lowest BCUT2D eigenvalue weighted by Crippen LogP contribution is -2.40. The summed E-state index contributed by atoms with van der Waals surface area (Å²) in [6, 6.07) is 7.77. The number of nitrogens with two attached hydrogens (primary N) is 1. The summed E-state index contributed by atoms with van der Waals surface area (Å²) in [5.41, 5.74) is 7.60. The van der Waals surface area contributed by atoms with Gasteiger partial charge in [0.15, 0.2) is 0 Å². The van der Waals surface area contributed by atoms with Gasteiger partial charge in [0.1, 0.15) is 0 Å². The number of anilines is 1. The van der Waals surface area contributed by atoms with Crippen LogP contribution in [-0.2, 0) is 10.0 Å². The van der Waals surface area contributed by atoms with Crippen LogP contribution in [0.5, 0.6) is 0 Å². The molecule has 0 saturated heterocycles. The lowest BCUT2D eigenvalue weighted by atomic mass is 9.94. The molecule has 106 valence electrons. The highest BCUT2D eigenvalue weighted by Gasteiger charge is 2.32. The van der Waals surface area contributed by atoms with Crippen LogP contribution in [0.4, 0.5) is 5.69 Å². The Hall–Kier alpha value is -1.07. The van der Waals surface area contributed by atoms with Crippen molar-refractivity contribution in [2.75, 3.05) is 5.73 Å². The van der Waals surface area contributed by atoms with Crippen molar-refractivity contribution < 1.29 is 8.42 Å². The minimum Gasteiger partial charge on any atom is -0.399 e. The van der Waals surface area contributed by atoms with Crippen LogP contribution in [0, 0.1) is 0 Å². The van der Waals surface area contributed by atoms with Gasteiger partial charge in [-0.2, -0.15) is 0 Å². The molecule has 3 N–H and O–H groups in total. The number of hydrogen-bond acceptors (Lipinski definition) is 3. The SMILES string of the molecule is CC(C)S(=O)(=O)N[C@@H]1CCC[C@@H]1c1ccc(N)cc1. The van der Waals surface area contributed by atoms with Crippen molar-refractivity contribution >= 4 is 15.7 Å². The molecular weight excluding hydrogens is 260 g/mol. The summed E-state index contributed by atoms with van der Waals surface area (Å²) >= 11 is 0. The molecule has 0 heterocycles. The molecule has 1 aromatic rings. The van der Waals surface area contributed by atoms with Gasteiger partial charge >= 0.3 is 0 Å². The number of hydrogen-bond donors (Lipinski definition) is 2. The van der Waals surface area contributed by atoms with Crippen molar-refractivity contribution in [3.8, 4) is 0 Å². The summed E-state index contributed by atoms with van der Waals surface area (Å²) in [5.74, 6) is 0.258. The largest absolute Gasteiger partial charge is 0.399 e. The van der Waals surface area contributed by atoms with Crippen molar-refractivity contribution in [2.45, 2.75) is 50.3 Å². The molecule has 2 atom stereocenters. The summed E-state index contributed by atoms with van der Waals surface area (Å²) in [7, 11) is -3.21. The summed E-state index contributed by atoms with van der Waals surface area (Å²) in [6.07, 6.45) is 2.98. The molecule has 1 aliphatic rings. The van der Waals surface area contributed by atoms with Crippen LogP contribution in [-0.4, -0.2) is 19.7 Å². The standard InChI is InChI=1S/C14H22N2O2S/c1-10(2)19(17,18)16-14-5-3-4-13(14)11-6-8-12(15)9-7-11/h6-10,13-14,16H,3-5,15H2,1-2H3/t13-,14-/m1/s1. The van der Waals surface area contributed by atoms with E-state index in [1.165, 1.54) is 5.56 Å². The van der Waals surface area contributed by atoms with Crippen molar-refractivity contribution in [2.24, 2.45) is 0 Å². The Morgan fingerprint density at radius 2 is 1.84 bits per heavy atom. The molecule has 0 aromatic heterocycles. The highest BCUT2D eigenvalue weighted by Crippen LogP contribution is 2.35. The average Bonchev–Trinajstić information content (AvgIpc) is 2.77. The van der Waals surface area contributed by atoms with Crippen molar-refractivity contribution in [3.05, 3.63) is 29.8 Å². The fourth-order valence-electron chi connectivity index (χ4n) is 2.59. The van der Waals surface area contributed by atoms with E-state index in [4.69, 9.17) is 5.73 Å². The fourth-order valence-corrected chi connectivity index (χ4v) is 3.57. The number of nitrogens with one attached hydrogen (secondary N) is 1. The highest BCUT2D eigenvalue weighted by molar-refractivity contribution is 7.90.